The van der Waals surface area contributed by atoms with Crippen molar-refractivity contribution in [3.05, 3.63) is 48.6 Å². The molecule has 0 bridgehead atoms. The highest BCUT2D eigenvalue weighted by molar-refractivity contribution is 5.91. The molecule has 3 rings (SSSR count). The van der Waals surface area contributed by atoms with E-state index < -0.39 is 0 Å². The molecule has 0 radical (unpaired) electrons. The van der Waals surface area contributed by atoms with Gasteiger partial charge in [-0.15, -0.1) is 10.2 Å². The van der Waals surface area contributed by atoms with Crippen molar-refractivity contribution in [2.24, 2.45) is 13.0 Å². The number of carbonyl (C=O) groups excluding carboxylic acids is 2. The van der Waals surface area contributed by atoms with Gasteiger partial charge < -0.3 is 19.5 Å². The van der Waals surface area contributed by atoms with Gasteiger partial charge in [0.15, 0.2) is 5.82 Å². The van der Waals surface area contributed by atoms with Crippen LogP contribution in [0.1, 0.15) is 18.1 Å². The van der Waals surface area contributed by atoms with Crippen LogP contribution in [0.2, 0.25) is 0 Å². The third-order valence-electron chi connectivity index (χ3n) is 4.61. The molecule has 0 unspecified atom stereocenters. The first-order valence-corrected chi connectivity index (χ1v) is 8.75. The van der Waals surface area contributed by atoms with Gasteiger partial charge in [0.25, 0.3) is 0 Å². The van der Waals surface area contributed by atoms with Crippen LogP contribution in [0.15, 0.2) is 36.9 Å². The van der Waals surface area contributed by atoms with Crippen molar-refractivity contribution in [1.29, 1.82) is 0 Å². The van der Waals surface area contributed by atoms with Crippen LogP contribution in [0.3, 0.4) is 0 Å². The summed E-state index contributed by atoms with van der Waals surface area (Å²) in [6, 6.07) is 7.19. The van der Waals surface area contributed by atoms with Gasteiger partial charge in [0.1, 0.15) is 18.2 Å². The topological polar surface area (TPSA) is 89.3 Å². The number of nitrogens with zero attached hydrogens (tertiary/aromatic N) is 4. The second kappa shape index (κ2) is 8.03. The number of anilines is 1. The van der Waals surface area contributed by atoms with E-state index in [1.807, 2.05) is 18.5 Å². The summed E-state index contributed by atoms with van der Waals surface area (Å²) in [7, 11) is 1.89. The number of hydrogen-bond donors (Lipinski definition) is 1. The van der Waals surface area contributed by atoms with Gasteiger partial charge in [-0.25, -0.2) is 0 Å². The average Bonchev–Trinajstić information content (AvgIpc) is 2.95. The smallest absolute Gasteiger partial charge is 0.245 e. The van der Waals surface area contributed by atoms with E-state index in [9.17, 15) is 9.59 Å². The van der Waals surface area contributed by atoms with Crippen molar-refractivity contribution in [1.82, 2.24) is 19.7 Å². The maximum Gasteiger partial charge on any atom is 0.245 e. The molecule has 0 saturated carbocycles. The molecule has 1 aliphatic rings. The van der Waals surface area contributed by atoms with E-state index in [-0.39, 0.29) is 17.7 Å². The Morgan fingerprint density at radius 3 is 2.59 bits per heavy atom. The summed E-state index contributed by atoms with van der Waals surface area (Å²) in [6.45, 7) is 6.87. The molecule has 0 aliphatic carbocycles. The van der Waals surface area contributed by atoms with Crippen LogP contribution in [0, 0.1) is 12.8 Å². The van der Waals surface area contributed by atoms with E-state index in [1.54, 1.807) is 29.2 Å². The lowest BCUT2D eigenvalue weighted by Gasteiger charge is -2.38. The van der Waals surface area contributed by atoms with Crippen molar-refractivity contribution in [3.63, 3.8) is 0 Å². The molecule has 1 N–H and O–H groups in total. The maximum atomic E-state index is 12.1. The van der Waals surface area contributed by atoms with E-state index in [1.165, 1.54) is 6.08 Å². The lowest BCUT2D eigenvalue weighted by molar-refractivity contribution is -0.134. The zero-order valence-corrected chi connectivity index (χ0v) is 15.5. The highest BCUT2D eigenvalue weighted by atomic mass is 16.5. The number of carbonyl (C=O) groups is 2. The zero-order chi connectivity index (χ0) is 19.4. The summed E-state index contributed by atoms with van der Waals surface area (Å²) >= 11 is 0. The van der Waals surface area contributed by atoms with Gasteiger partial charge in [0.05, 0.1) is 0 Å². The SMILES string of the molecule is C=CC(=O)N1CC(CC(=O)Nc2ccc(OCc3nnc(C)n3C)cc2)C1. The van der Waals surface area contributed by atoms with Crippen molar-refractivity contribution in [2.45, 2.75) is 20.0 Å². The Balaban J connectivity index is 1.43. The number of aromatic nitrogens is 3. The van der Waals surface area contributed by atoms with Crippen LogP contribution >= 0.6 is 0 Å². The maximum absolute atomic E-state index is 12.1. The molecule has 142 valence electrons. The molecule has 1 aromatic heterocycles. The Morgan fingerprint density at radius 1 is 1.30 bits per heavy atom. The summed E-state index contributed by atoms with van der Waals surface area (Å²) in [5.41, 5.74) is 0.709. The normalized spacial score (nSPS) is 13.8. The zero-order valence-electron chi connectivity index (χ0n) is 15.5. The van der Waals surface area contributed by atoms with E-state index in [4.69, 9.17) is 4.74 Å². The second-order valence-electron chi connectivity index (χ2n) is 6.60. The molecule has 1 saturated heterocycles. The molecule has 2 amide bonds. The lowest BCUT2D eigenvalue weighted by atomic mass is 9.96. The molecule has 1 aliphatic heterocycles. The summed E-state index contributed by atoms with van der Waals surface area (Å²) in [6.07, 6.45) is 1.69. The van der Waals surface area contributed by atoms with Gasteiger partial charge in [-0.3, -0.25) is 9.59 Å². The Kier molecular flexibility index (Phi) is 5.54. The first-order chi connectivity index (χ1) is 13.0. The van der Waals surface area contributed by atoms with Gasteiger partial charge in [0, 0.05) is 38.2 Å². The highest BCUT2D eigenvalue weighted by Gasteiger charge is 2.30. The number of nitrogens with one attached hydrogen (secondary N) is 1. The number of rotatable bonds is 7. The van der Waals surface area contributed by atoms with E-state index in [0.29, 0.717) is 37.6 Å². The van der Waals surface area contributed by atoms with Gasteiger partial charge in [-0.1, -0.05) is 6.58 Å². The van der Waals surface area contributed by atoms with Crippen LogP contribution in [-0.4, -0.2) is 44.6 Å². The lowest BCUT2D eigenvalue weighted by Crippen LogP contribution is -2.50. The van der Waals surface area contributed by atoms with Crippen LogP contribution < -0.4 is 10.1 Å². The minimum absolute atomic E-state index is 0.0612. The number of aryl methyl sites for hydroxylation is 1. The predicted molar refractivity (Wildman–Crippen MR) is 100 cm³/mol. The molecular formula is C19H23N5O3. The third kappa shape index (κ3) is 4.52. The molecule has 8 heteroatoms. The number of amides is 2. The predicted octanol–water partition coefficient (Wildman–Crippen LogP) is 1.68. The number of ether oxygens (including phenoxy) is 1. The van der Waals surface area contributed by atoms with Crippen molar-refractivity contribution < 1.29 is 14.3 Å². The van der Waals surface area contributed by atoms with Gasteiger partial charge >= 0.3 is 0 Å². The molecule has 8 nitrogen and oxygen atoms in total. The second-order valence-corrected chi connectivity index (χ2v) is 6.60. The molecule has 2 aromatic rings. The largest absolute Gasteiger partial charge is 0.486 e. The first kappa shape index (κ1) is 18.6. The Bertz CT molecular complexity index is 838. The fourth-order valence-corrected chi connectivity index (χ4v) is 2.84. The Hall–Kier alpha value is -3.16. The fourth-order valence-electron chi connectivity index (χ4n) is 2.84. The third-order valence-corrected chi connectivity index (χ3v) is 4.61. The molecule has 2 heterocycles. The van der Waals surface area contributed by atoms with Crippen LogP contribution in [0.5, 0.6) is 5.75 Å². The quantitative estimate of drug-likeness (QED) is 0.750. The van der Waals surface area contributed by atoms with E-state index in [0.717, 1.165) is 11.6 Å². The average molecular weight is 369 g/mol. The molecule has 1 fully saturated rings. The van der Waals surface area contributed by atoms with Crippen molar-refractivity contribution in [3.8, 4) is 5.75 Å². The minimum atomic E-state index is -0.0845. The van der Waals surface area contributed by atoms with E-state index in [2.05, 4.69) is 22.1 Å². The Morgan fingerprint density at radius 2 is 2.00 bits per heavy atom. The summed E-state index contributed by atoms with van der Waals surface area (Å²) in [5, 5.41) is 10.9. The molecular weight excluding hydrogens is 346 g/mol. The van der Waals surface area contributed by atoms with Crippen LogP contribution in [0.25, 0.3) is 0 Å². The molecule has 27 heavy (non-hydrogen) atoms. The van der Waals surface area contributed by atoms with Gasteiger partial charge in [-0.05, 0) is 37.3 Å². The number of benzene rings is 1. The standard InChI is InChI=1S/C19H23N5O3/c1-4-19(26)24-10-14(11-24)9-18(25)20-15-5-7-16(8-6-15)27-12-17-22-21-13(2)23(17)3/h4-8,14H,1,9-12H2,2-3H3,(H,20,25). The monoisotopic (exact) mass is 369 g/mol. The van der Waals surface area contributed by atoms with Gasteiger partial charge in [0.2, 0.25) is 11.8 Å². The highest BCUT2D eigenvalue weighted by Crippen LogP contribution is 2.21. The number of likely N-dealkylation sites (tertiary alicyclic amines) is 1. The van der Waals surface area contributed by atoms with Crippen molar-refractivity contribution in [2.75, 3.05) is 18.4 Å². The van der Waals surface area contributed by atoms with Crippen molar-refractivity contribution >= 4 is 17.5 Å². The molecule has 0 atom stereocenters. The fraction of sp³-hybridized carbons (Fsp3) is 0.368. The van der Waals surface area contributed by atoms with E-state index >= 15 is 0 Å². The number of hydrogen-bond acceptors (Lipinski definition) is 5. The molecule has 0 spiro atoms. The van der Waals surface area contributed by atoms with Crippen LogP contribution in [-0.2, 0) is 23.2 Å². The first-order valence-electron chi connectivity index (χ1n) is 8.75. The molecule has 1 aromatic carbocycles. The Labute approximate surface area is 157 Å². The van der Waals surface area contributed by atoms with Gasteiger partial charge in [-0.2, -0.15) is 0 Å². The summed E-state index contributed by atoms with van der Waals surface area (Å²) in [5.74, 6) is 2.31. The summed E-state index contributed by atoms with van der Waals surface area (Å²) in [4.78, 5) is 25.2. The minimum Gasteiger partial charge on any atom is -0.486 e. The van der Waals surface area contributed by atoms with Crippen LogP contribution in [0.4, 0.5) is 5.69 Å². The summed E-state index contributed by atoms with van der Waals surface area (Å²) < 4.78 is 7.57.